The van der Waals surface area contributed by atoms with Crippen LogP contribution < -0.4 is 0 Å². The fourth-order valence-corrected chi connectivity index (χ4v) is 1.91. The summed E-state index contributed by atoms with van der Waals surface area (Å²) in [5.41, 5.74) is 0.857. The predicted octanol–water partition coefficient (Wildman–Crippen LogP) is 3.04. The first-order valence-electron chi connectivity index (χ1n) is 3.89. The van der Waals surface area contributed by atoms with Crippen LogP contribution in [-0.4, -0.2) is 11.3 Å². The van der Waals surface area contributed by atoms with Gasteiger partial charge in [0.25, 0.3) is 6.43 Å². The van der Waals surface area contributed by atoms with Crippen LogP contribution in [0.15, 0.2) is 6.20 Å². The third-order valence-corrected chi connectivity index (χ3v) is 2.49. The number of alkyl halides is 3. The Labute approximate surface area is 88.5 Å². The van der Waals surface area contributed by atoms with Gasteiger partial charge in [-0.2, -0.15) is 0 Å². The van der Waals surface area contributed by atoms with Crippen molar-refractivity contribution in [1.29, 1.82) is 0 Å². The molecule has 0 saturated carbocycles. The fourth-order valence-electron chi connectivity index (χ4n) is 1.16. The minimum absolute atomic E-state index is 0.00289. The lowest BCUT2D eigenvalue weighted by Crippen LogP contribution is -2.03. The van der Waals surface area contributed by atoms with Crippen LogP contribution in [0.2, 0.25) is 0 Å². The molecule has 0 bridgehead atoms. The standard InChI is InChI=1S/C9H8BrF2NO/c1-5-3-13-8(9(11)12)7(4-14)6(5)2-10/h3-4,9H,2H2,1H3. The van der Waals surface area contributed by atoms with Crippen molar-refractivity contribution in [2.45, 2.75) is 18.7 Å². The van der Waals surface area contributed by atoms with Crippen LogP contribution in [0, 0.1) is 6.92 Å². The Morgan fingerprint density at radius 3 is 2.71 bits per heavy atom. The number of aromatic nitrogens is 1. The summed E-state index contributed by atoms with van der Waals surface area (Å²) in [6.07, 6.45) is -0.933. The van der Waals surface area contributed by atoms with Crippen LogP contribution in [-0.2, 0) is 5.33 Å². The topological polar surface area (TPSA) is 30.0 Å². The van der Waals surface area contributed by atoms with Crippen LogP contribution in [0.1, 0.15) is 33.6 Å². The van der Waals surface area contributed by atoms with E-state index in [9.17, 15) is 13.6 Å². The van der Waals surface area contributed by atoms with Crippen LogP contribution in [0.5, 0.6) is 0 Å². The minimum Gasteiger partial charge on any atom is -0.298 e. The zero-order chi connectivity index (χ0) is 10.7. The number of aldehydes is 1. The molecule has 5 heteroatoms. The first-order chi connectivity index (χ1) is 6.61. The molecule has 2 nitrogen and oxygen atoms in total. The van der Waals surface area contributed by atoms with Crippen molar-refractivity contribution in [1.82, 2.24) is 4.98 Å². The Hall–Kier alpha value is -0.840. The molecule has 1 heterocycles. The highest BCUT2D eigenvalue weighted by molar-refractivity contribution is 9.08. The van der Waals surface area contributed by atoms with Gasteiger partial charge in [0.05, 0.1) is 0 Å². The van der Waals surface area contributed by atoms with Gasteiger partial charge >= 0.3 is 0 Å². The molecule has 0 saturated heterocycles. The maximum atomic E-state index is 12.4. The van der Waals surface area contributed by atoms with Gasteiger partial charge in [-0.1, -0.05) is 15.9 Å². The first-order valence-corrected chi connectivity index (χ1v) is 5.01. The van der Waals surface area contributed by atoms with Gasteiger partial charge in [0.2, 0.25) is 0 Å². The van der Waals surface area contributed by atoms with Crippen molar-refractivity contribution < 1.29 is 13.6 Å². The lowest BCUT2D eigenvalue weighted by atomic mass is 10.0. The summed E-state index contributed by atoms with van der Waals surface area (Å²) < 4.78 is 24.9. The Morgan fingerprint density at radius 1 is 1.64 bits per heavy atom. The van der Waals surface area contributed by atoms with Gasteiger partial charge in [0.15, 0.2) is 6.29 Å². The van der Waals surface area contributed by atoms with Gasteiger partial charge in [0, 0.05) is 17.1 Å². The molecule has 1 aromatic rings. The number of carbonyl (C=O) groups is 1. The van der Waals surface area contributed by atoms with Crippen molar-refractivity contribution >= 4 is 22.2 Å². The molecule has 0 N–H and O–H groups in total. The van der Waals surface area contributed by atoms with Crippen molar-refractivity contribution in [2.75, 3.05) is 0 Å². The van der Waals surface area contributed by atoms with Crippen LogP contribution in [0.25, 0.3) is 0 Å². The Morgan fingerprint density at radius 2 is 2.29 bits per heavy atom. The number of pyridine rings is 1. The molecule has 14 heavy (non-hydrogen) atoms. The maximum Gasteiger partial charge on any atom is 0.281 e. The molecule has 0 unspecified atom stereocenters. The van der Waals surface area contributed by atoms with E-state index in [1.165, 1.54) is 6.20 Å². The third-order valence-electron chi connectivity index (χ3n) is 1.93. The van der Waals surface area contributed by atoms with Gasteiger partial charge in [-0.15, -0.1) is 0 Å². The smallest absolute Gasteiger partial charge is 0.281 e. The molecular formula is C9H8BrF2NO. The molecule has 0 radical (unpaired) electrons. The maximum absolute atomic E-state index is 12.4. The van der Waals surface area contributed by atoms with Crippen LogP contribution in [0.4, 0.5) is 8.78 Å². The minimum atomic E-state index is -2.71. The monoisotopic (exact) mass is 263 g/mol. The number of nitrogens with zero attached hydrogens (tertiary/aromatic N) is 1. The number of hydrogen-bond acceptors (Lipinski definition) is 2. The van der Waals surface area contributed by atoms with E-state index in [0.29, 0.717) is 17.2 Å². The van der Waals surface area contributed by atoms with Gasteiger partial charge in [-0.25, -0.2) is 8.78 Å². The Bertz CT molecular complexity index is 355. The first kappa shape index (κ1) is 11.2. The van der Waals surface area contributed by atoms with E-state index in [1.54, 1.807) is 6.92 Å². The van der Waals surface area contributed by atoms with Gasteiger partial charge in [-0.3, -0.25) is 9.78 Å². The largest absolute Gasteiger partial charge is 0.298 e. The molecule has 0 spiro atoms. The quantitative estimate of drug-likeness (QED) is 0.620. The Balaban J connectivity index is 3.40. The summed E-state index contributed by atoms with van der Waals surface area (Å²) in [4.78, 5) is 14.2. The van der Waals surface area contributed by atoms with Gasteiger partial charge in [-0.05, 0) is 18.1 Å². The lowest BCUT2D eigenvalue weighted by molar-refractivity contribution is 0.110. The van der Waals surface area contributed by atoms with E-state index in [0.717, 1.165) is 5.56 Å². The van der Waals surface area contributed by atoms with Crippen LogP contribution in [0.3, 0.4) is 0 Å². The molecule has 0 atom stereocenters. The van der Waals surface area contributed by atoms with E-state index in [-0.39, 0.29) is 5.56 Å². The third kappa shape index (κ3) is 1.97. The molecule has 0 aromatic carbocycles. The summed E-state index contributed by atoms with van der Waals surface area (Å²) in [6, 6.07) is 0. The van der Waals surface area contributed by atoms with Crippen molar-refractivity contribution in [2.24, 2.45) is 0 Å². The molecule has 0 aliphatic rings. The average molecular weight is 264 g/mol. The second kappa shape index (κ2) is 4.59. The van der Waals surface area contributed by atoms with E-state index < -0.39 is 12.1 Å². The van der Waals surface area contributed by atoms with Crippen LogP contribution >= 0.6 is 15.9 Å². The molecule has 76 valence electrons. The summed E-state index contributed by atoms with van der Waals surface area (Å²) in [7, 11) is 0. The number of halogens is 3. The van der Waals surface area contributed by atoms with E-state index >= 15 is 0 Å². The fraction of sp³-hybridized carbons (Fsp3) is 0.333. The van der Waals surface area contributed by atoms with Gasteiger partial charge < -0.3 is 0 Å². The van der Waals surface area contributed by atoms with Crippen molar-refractivity contribution in [3.8, 4) is 0 Å². The SMILES string of the molecule is Cc1cnc(C(F)F)c(C=O)c1CBr. The molecule has 0 amide bonds. The number of hydrogen-bond donors (Lipinski definition) is 0. The van der Waals surface area contributed by atoms with E-state index in [1.807, 2.05) is 0 Å². The highest BCUT2D eigenvalue weighted by Gasteiger charge is 2.18. The normalized spacial score (nSPS) is 10.6. The van der Waals surface area contributed by atoms with Crippen molar-refractivity contribution in [3.63, 3.8) is 0 Å². The van der Waals surface area contributed by atoms with E-state index in [2.05, 4.69) is 20.9 Å². The second-order valence-corrected chi connectivity index (χ2v) is 3.33. The van der Waals surface area contributed by atoms with E-state index in [4.69, 9.17) is 0 Å². The second-order valence-electron chi connectivity index (χ2n) is 2.77. The molecular weight excluding hydrogens is 256 g/mol. The molecule has 1 aromatic heterocycles. The van der Waals surface area contributed by atoms with Crippen molar-refractivity contribution in [3.05, 3.63) is 28.6 Å². The summed E-state index contributed by atoms with van der Waals surface area (Å²) in [5, 5.41) is 0.370. The number of carbonyl (C=O) groups excluding carboxylic acids is 1. The van der Waals surface area contributed by atoms with Gasteiger partial charge in [0.1, 0.15) is 5.69 Å². The zero-order valence-corrected chi connectivity index (χ0v) is 9.01. The summed E-state index contributed by atoms with van der Waals surface area (Å²) in [5.74, 6) is 0. The zero-order valence-electron chi connectivity index (χ0n) is 7.43. The lowest BCUT2D eigenvalue weighted by Gasteiger charge is -2.09. The number of aryl methyl sites for hydroxylation is 1. The number of rotatable bonds is 3. The predicted molar refractivity (Wildman–Crippen MR) is 51.9 cm³/mol. The average Bonchev–Trinajstić information content (AvgIpc) is 2.16. The molecule has 0 aliphatic carbocycles. The highest BCUT2D eigenvalue weighted by atomic mass is 79.9. The summed E-state index contributed by atoms with van der Waals surface area (Å²) >= 11 is 3.15. The molecule has 0 aliphatic heterocycles. The molecule has 1 rings (SSSR count). The Kier molecular flexibility index (Phi) is 3.69. The summed E-state index contributed by atoms with van der Waals surface area (Å²) in [6.45, 7) is 1.73. The highest BCUT2D eigenvalue weighted by Crippen LogP contribution is 2.25. The molecule has 0 fully saturated rings.